The summed E-state index contributed by atoms with van der Waals surface area (Å²) in [4.78, 5) is 10.7. The van der Waals surface area contributed by atoms with Gasteiger partial charge in [0, 0.05) is 19.0 Å². The van der Waals surface area contributed by atoms with E-state index in [1.54, 1.807) is 0 Å². The number of pyridine rings is 1. The average Bonchev–Trinajstić information content (AvgIpc) is 2.89. The molecule has 2 atom stereocenters. The highest BCUT2D eigenvalue weighted by Crippen LogP contribution is 2.34. The van der Waals surface area contributed by atoms with Gasteiger partial charge in [0.15, 0.2) is 5.82 Å². The second-order valence-electron chi connectivity index (χ2n) is 6.15. The molecule has 0 radical (unpaired) electrons. The van der Waals surface area contributed by atoms with E-state index in [1.165, 1.54) is 22.7 Å². The Bertz CT molecular complexity index is 836. The maximum Gasteiger partial charge on any atom is 0.234 e. The molecule has 0 bridgehead atoms. The summed E-state index contributed by atoms with van der Waals surface area (Å²) in [7, 11) is -3.25. The van der Waals surface area contributed by atoms with Crippen LogP contribution in [0.3, 0.4) is 0 Å². The first-order chi connectivity index (χ1) is 11.3. The number of nitrogens with one attached hydrogen (secondary N) is 1. The van der Waals surface area contributed by atoms with Gasteiger partial charge in [0.2, 0.25) is 16.0 Å². The highest BCUT2D eigenvalue weighted by atomic mass is 32.2. The van der Waals surface area contributed by atoms with Gasteiger partial charge < -0.3 is 4.98 Å². The molecular weight excluding hydrogens is 338 g/mol. The van der Waals surface area contributed by atoms with E-state index in [1.807, 2.05) is 6.92 Å². The third-order valence-electron chi connectivity index (χ3n) is 4.36. The Morgan fingerprint density at radius 1 is 1.33 bits per heavy atom. The SMILES string of the molecule is C[C@@H]1CN(S(C)(=O)=O)CC[C@@H]1c1[nH]c(-c2ccc(F)cn2)nc1F. The normalized spacial score (nSPS) is 22.7. The lowest BCUT2D eigenvalue weighted by Crippen LogP contribution is -2.41. The maximum absolute atomic E-state index is 14.3. The standard InChI is InChI=1S/C15H18F2N4O2S/c1-9-8-21(24(2,22)23)6-5-11(9)13-14(17)20-15(19-13)12-4-3-10(16)7-18-12/h3-4,7,9,11H,5-6,8H2,1-2H3,(H,19,20)/t9-,11+/m1/s1. The topological polar surface area (TPSA) is 79.0 Å². The van der Waals surface area contributed by atoms with Crippen LogP contribution < -0.4 is 0 Å². The number of H-pyrrole nitrogens is 1. The maximum atomic E-state index is 14.3. The molecule has 9 heteroatoms. The molecule has 24 heavy (non-hydrogen) atoms. The van der Waals surface area contributed by atoms with Gasteiger partial charge in [0.25, 0.3) is 0 Å². The highest BCUT2D eigenvalue weighted by molar-refractivity contribution is 7.88. The van der Waals surface area contributed by atoms with E-state index in [0.29, 0.717) is 30.9 Å². The molecule has 1 fully saturated rings. The van der Waals surface area contributed by atoms with Crippen LogP contribution in [0.1, 0.15) is 25.0 Å². The monoisotopic (exact) mass is 356 g/mol. The summed E-state index contributed by atoms with van der Waals surface area (Å²) in [6.07, 6.45) is 2.72. The molecule has 1 aliphatic rings. The number of hydrogen-bond donors (Lipinski definition) is 1. The van der Waals surface area contributed by atoms with Crippen LogP contribution in [0, 0.1) is 17.7 Å². The fourth-order valence-electron chi connectivity index (χ4n) is 3.09. The quantitative estimate of drug-likeness (QED) is 0.914. The minimum absolute atomic E-state index is 0.0579. The van der Waals surface area contributed by atoms with Crippen molar-refractivity contribution in [2.24, 2.45) is 5.92 Å². The molecule has 3 heterocycles. The number of hydrogen-bond acceptors (Lipinski definition) is 4. The van der Waals surface area contributed by atoms with E-state index in [0.717, 1.165) is 6.20 Å². The Labute approximate surface area is 139 Å². The minimum Gasteiger partial charge on any atom is -0.338 e. The lowest BCUT2D eigenvalue weighted by atomic mass is 9.85. The van der Waals surface area contributed by atoms with Crippen LogP contribution in [0.5, 0.6) is 0 Å². The molecule has 1 aliphatic heterocycles. The van der Waals surface area contributed by atoms with Gasteiger partial charge in [-0.1, -0.05) is 6.92 Å². The van der Waals surface area contributed by atoms with E-state index in [4.69, 9.17) is 0 Å². The van der Waals surface area contributed by atoms with Crippen molar-refractivity contribution in [2.75, 3.05) is 19.3 Å². The second kappa shape index (κ2) is 6.21. The molecule has 1 N–H and O–H groups in total. The number of rotatable bonds is 3. The third-order valence-corrected chi connectivity index (χ3v) is 5.63. The van der Waals surface area contributed by atoms with Gasteiger partial charge in [0.05, 0.1) is 18.1 Å². The Hall–Kier alpha value is -1.87. The third kappa shape index (κ3) is 3.32. The number of halogens is 2. The predicted molar refractivity (Wildman–Crippen MR) is 84.7 cm³/mol. The number of piperidine rings is 1. The molecular formula is C15H18F2N4O2S. The van der Waals surface area contributed by atoms with Crippen LogP contribution in [0.4, 0.5) is 8.78 Å². The first-order valence-corrected chi connectivity index (χ1v) is 9.43. The van der Waals surface area contributed by atoms with Gasteiger partial charge >= 0.3 is 0 Å². The van der Waals surface area contributed by atoms with Crippen LogP contribution in [0.2, 0.25) is 0 Å². The summed E-state index contributed by atoms with van der Waals surface area (Å²) in [5, 5.41) is 0. The lowest BCUT2D eigenvalue weighted by molar-refractivity contribution is 0.243. The molecule has 6 nitrogen and oxygen atoms in total. The molecule has 0 aromatic carbocycles. The fourth-order valence-corrected chi connectivity index (χ4v) is 4.03. The highest BCUT2D eigenvalue weighted by Gasteiger charge is 2.34. The Kier molecular flexibility index (Phi) is 4.39. The summed E-state index contributed by atoms with van der Waals surface area (Å²) in [5.74, 6) is -1.09. The molecule has 130 valence electrons. The van der Waals surface area contributed by atoms with E-state index in [-0.39, 0.29) is 17.7 Å². The van der Waals surface area contributed by atoms with Gasteiger partial charge in [-0.15, -0.1) is 0 Å². The van der Waals surface area contributed by atoms with Crippen LogP contribution >= 0.6 is 0 Å². The van der Waals surface area contributed by atoms with Crippen molar-refractivity contribution in [1.29, 1.82) is 0 Å². The van der Waals surface area contributed by atoms with Gasteiger partial charge in [0.1, 0.15) is 11.5 Å². The van der Waals surface area contributed by atoms with Crippen molar-refractivity contribution in [3.05, 3.63) is 35.8 Å². The molecule has 0 saturated carbocycles. The molecule has 0 aliphatic carbocycles. The van der Waals surface area contributed by atoms with Crippen molar-refractivity contribution < 1.29 is 17.2 Å². The smallest absolute Gasteiger partial charge is 0.234 e. The van der Waals surface area contributed by atoms with Gasteiger partial charge in [-0.25, -0.2) is 22.1 Å². The van der Waals surface area contributed by atoms with Crippen molar-refractivity contribution in [3.63, 3.8) is 0 Å². The van der Waals surface area contributed by atoms with E-state index >= 15 is 0 Å². The Morgan fingerprint density at radius 2 is 2.08 bits per heavy atom. The largest absolute Gasteiger partial charge is 0.338 e. The average molecular weight is 356 g/mol. The van der Waals surface area contributed by atoms with Crippen LogP contribution in [-0.2, 0) is 10.0 Å². The molecule has 1 saturated heterocycles. The number of aromatic nitrogens is 3. The summed E-state index contributed by atoms with van der Waals surface area (Å²) in [5.41, 5.74) is 0.694. The van der Waals surface area contributed by atoms with Crippen LogP contribution in [-0.4, -0.2) is 47.0 Å². The number of sulfonamides is 1. The van der Waals surface area contributed by atoms with Gasteiger partial charge in [-0.2, -0.15) is 9.37 Å². The van der Waals surface area contributed by atoms with Crippen molar-refractivity contribution in [2.45, 2.75) is 19.3 Å². The van der Waals surface area contributed by atoms with Crippen LogP contribution in [0.25, 0.3) is 11.5 Å². The Balaban J connectivity index is 1.84. The zero-order chi connectivity index (χ0) is 17.5. The first-order valence-electron chi connectivity index (χ1n) is 7.58. The lowest BCUT2D eigenvalue weighted by Gasteiger charge is -2.34. The second-order valence-corrected chi connectivity index (χ2v) is 8.13. The zero-order valence-electron chi connectivity index (χ0n) is 13.3. The van der Waals surface area contributed by atoms with E-state index in [9.17, 15) is 17.2 Å². The number of imidazole rings is 1. The molecule has 3 rings (SSSR count). The van der Waals surface area contributed by atoms with Gasteiger partial charge in [-0.05, 0) is 24.5 Å². The van der Waals surface area contributed by atoms with E-state index < -0.39 is 21.8 Å². The Morgan fingerprint density at radius 3 is 2.67 bits per heavy atom. The minimum atomic E-state index is -3.25. The zero-order valence-corrected chi connectivity index (χ0v) is 14.1. The van der Waals surface area contributed by atoms with E-state index in [2.05, 4.69) is 15.0 Å². The number of aromatic amines is 1. The summed E-state index contributed by atoms with van der Waals surface area (Å²) in [6.45, 7) is 2.57. The van der Waals surface area contributed by atoms with Crippen LogP contribution in [0.15, 0.2) is 18.3 Å². The van der Waals surface area contributed by atoms with Crippen molar-refractivity contribution >= 4 is 10.0 Å². The predicted octanol–water partition coefficient (Wildman–Crippen LogP) is 2.13. The molecule has 0 amide bonds. The number of nitrogens with zero attached hydrogens (tertiary/aromatic N) is 3. The summed E-state index contributed by atoms with van der Waals surface area (Å²) >= 11 is 0. The van der Waals surface area contributed by atoms with Crippen molar-refractivity contribution in [3.8, 4) is 11.5 Å². The summed E-state index contributed by atoms with van der Waals surface area (Å²) < 4.78 is 51.9. The van der Waals surface area contributed by atoms with Crippen molar-refractivity contribution in [1.82, 2.24) is 19.3 Å². The summed E-state index contributed by atoms with van der Waals surface area (Å²) in [6, 6.07) is 2.66. The fraction of sp³-hybridized carbons (Fsp3) is 0.467. The first kappa shape index (κ1) is 17.0. The molecule has 2 aromatic rings. The molecule has 2 aromatic heterocycles. The van der Waals surface area contributed by atoms with Gasteiger partial charge in [-0.3, -0.25) is 0 Å². The molecule has 0 spiro atoms. The molecule has 0 unspecified atom stereocenters.